The molecule has 0 N–H and O–H groups in total. The smallest absolute Gasteiger partial charge is 0.341 e. The van der Waals surface area contributed by atoms with Crippen LogP contribution in [-0.4, -0.2) is 18.1 Å². The molecule has 2 aromatic rings. The molecule has 0 bridgehead atoms. The van der Waals surface area contributed by atoms with Crippen LogP contribution in [-0.2, 0) is 11.3 Å². The average Bonchev–Trinajstić information content (AvgIpc) is 2.48. The van der Waals surface area contributed by atoms with E-state index in [1.807, 2.05) is 0 Å². The number of ether oxygens (including phenoxy) is 2. The minimum atomic E-state index is -1.33. The van der Waals surface area contributed by atoms with Crippen LogP contribution in [0.5, 0.6) is 5.75 Å². The van der Waals surface area contributed by atoms with Crippen LogP contribution in [0.3, 0.4) is 0 Å². The molecule has 0 aliphatic rings. The fourth-order valence-corrected chi connectivity index (χ4v) is 1.56. The summed E-state index contributed by atoms with van der Waals surface area (Å²) in [6.07, 6.45) is 1.00. The highest BCUT2D eigenvalue weighted by Gasteiger charge is 2.17. The van der Waals surface area contributed by atoms with Crippen LogP contribution in [0.25, 0.3) is 0 Å². The maximum absolute atomic E-state index is 13.3. The van der Waals surface area contributed by atoms with Gasteiger partial charge in [0, 0.05) is 6.20 Å². The van der Waals surface area contributed by atoms with Crippen molar-refractivity contribution in [3.05, 3.63) is 59.4 Å². The Morgan fingerprint density at radius 3 is 2.85 bits per heavy atom. The highest BCUT2D eigenvalue weighted by atomic mass is 19.2. The van der Waals surface area contributed by atoms with Crippen LogP contribution in [0.2, 0.25) is 0 Å². The molecule has 6 heteroatoms. The van der Waals surface area contributed by atoms with Gasteiger partial charge in [-0.15, -0.1) is 0 Å². The van der Waals surface area contributed by atoms with E-state index in [0.29, 0.717) is 11.3 Å². The minimum absolute atomic E-state index is 0.0700. The van der Waals surface area contributed by atoms with Crippen molar-refractivity contribution in [1.29, 1.82) is 0 Å². The van der Waals surface area contributed by atoms with Crippen LogP contribution >= 0.6 is 0 Å². The highest BCUT2D eigenvalue weighted by Crippen LogP contribution is 2.15. The van der Waals surface area contributed by atoms with Gasteiger partial charge in [-0.1, -0.05) is 12.1 Å². The third-order valence-electron chi connectivity index (χ3n) is 2.57. The molecule has 20 heavy (non-hydrogen) atoms. The molecule has 0 amide bonds. The Bertz CT molecular complexity index is 632. The monoisotopic (exact) mass is 279 g/mol. The Kier molecular flexibility index (Phi) is 4.24. The summed E-state index contributed by atoms with van der Waals surface area (Å²) < 4.78 is 36.2. The molecule has 0 radical (unpaired) electrons. The summed E-state index contributed by atoms with van der Waals surface area (Å²) in [5, 5.41) is 0. The maximum Gasteiger partial charge on any atom is 0.341 e. The molecule has 104 valence electrons. The molecule has 0 unspecified atom stereocenters. The molecule has 0 aliphatic carbocycles. The van der Waals surface area contributed by atoms with E-state index in [9.17, 15) is 13.6 Å². The molecule has 1 aromatic carbocycles. The van der Waals surface area contributed by atoms with E-state index in [1.165, 1.54) is 7.11 Å². The number of nitrogens with zero attached hydrogens (tertiary/aromatic N) is 1. The fraction of sp³-hybridized carbons (Fsp3) is 0.143. The fourth-order valence-electron chi connectivity index (χ4n) is 1.56. The van der Waals surface area contributed by atoms with E-state index in [0.717, 1.165) is 12.3 Å². The lowest BCUT2D eigenvalue weighted by Gasteiger charge is -2.07. The third kappa shape index (κ3) is 3.09. The first-order chi connectivity index (χ1) is 9.61. The molecule has 0 atom stereocenters. The summed E-state index contributed by atoms with van der Waals surface area (Å²) in [6.45, 7) is -0.0700. The number of halogens is 2. The molecular weight excluding hydrogens is 268 g/mol. The number of benzene rings is 1. The van der Waals surface area contributed by atoms with Crippen LogP contribution < -0.4 is 4.74 Å². The normalized spacial score (nSPS) is 10.2. The molecule has 0 aliphatic heterocycles. The van der Waals surface area contributed by atoms with E-state index in [-0.39, 0.29) is 6.61 Å². The quantitative estimate of drug-likeness (QED) is 0.638. The van der Waals surface area contributed by atoms with Crippen LogP contribution in [0, 0.1) is 11.8 Å². The first kappa shape index (κ1) is 13.9. The Morgan fingerprint density at radius 2 is 2.10 bits per heavy atom. The number of carbonyl (C=O) groups is 1. The Balaban J connectivity index is 2.06. The van der Waals surface area contributed by atoms with Crippen molar-refractivity contribution >= 4 is 5.97 Å². The van der Waals surface area contributed by atoms with Crippen LogP contribution in [0.15, 0.2) is 36.5 Å². The molecule has 0 saturated carbocycles. The Labute approximate surface area is 114 Å². The number of hydrogen-bond donors (Lipinski definition) is 0. The lowest BCUT2D eigenvalue weighted by atomic mass is 10.2. The van der Waals surface area contributed by atoms with Gasteiger partial charge in [-0.3, -0.25) is 0 Å². The second-order valence-corrected chi connectivity index (χ2v) is 3.89. The lowest BCUT2D eigenvalue weighted by Crippen LogP contribution is -2.09. The SMILES string of the molecule is COc1cccc(COC(=O)c2ccnc(F)c2F)c1. The van der Waals surface area contributed by atoms with Gasteiger partial charge in [-0.05, 0) is 23.8 Å². The van der Waals surface area contributed by atoms with Crippen molar-refractivity contribution in [2.75, 3.05) is 7.11 Å². The first-order valence-electron chi connectivity index (χ1n) is 5.72. The maximum atomic E-state index is 13.3. The summed E-state index contributed by atoms with van der Waals surface area (Å²) in [5.74, 6) is -2.99. The Morgan fingerprint density at radius 1 is 1.30 bits per heavy atom. The van der Waals surface area contributed by atoms with Gasteiger partial charge in [-0.2, -0.15) is 4.39 Å². The van der Waals surface area contributed by atoms with Gasteiger partial charge in [0.1, 0.15) is 17.9 Å². The molecule has 2 rings (SSSR count). The van der Waals surface area contributed by atoms with Crippen LogP contribution in [0.4, 0.5) is 8.78 Å². The minimum Gasteiger partial charge on any atom is -0.497 e. The van der Waals surface area contributed by atoms with Gasteiger partial charge in [0.15, 0.2) is 5.82 Å². The van der Waals surface area contributed by atoms with Gasteiger partial charge < -0.3 is 9.47 Å². The van der Waals surface area contributed by atoms with Crippen molar-refractivity contribution < 1.29 is 23.0 Å². The summed E-state index contributed by atoms with van der Waals surface area (Å²) in [7, 11) is 1.51. The summed E-state index contributed by atoms with van der Waals surface area (Å²) in [6, 6.07) is 7.93. The predicted octanol–water partition coefficient (Wildman–Crippen LogP) is 2.73. The van der Waals surface area contributed by atoms with Gasteiger partial charge in [0.05, 0.1) is 7.11 Å². The number of hydrogen-bond acceptors (Lipinski definition) is 4. The van der Waals surface area contributed by atoms with Gasteiger partial charge in [0.25, 0.3) is 0 Å². The number of methoxy groups -OCH3 is 1. The summed E-state index contributed by atoms with van der Waals surface area (Å²) in [4.78, 5) is 14.8. The molecule has 0 spiro atoms. The third-order valence-corrected chi connectivity index (χ3v) is 2.57. The van der Waals surface area contributed by atoms with Crippen molar-refractivity contribution in [3.63, 3.8) is 0 Å². The van der Waals surface area contributed by atoms with Crippen molar-refractivity contribution in [3.8, 4) is 5.75 Å². The predicted molar refractivity (Wildman–Crippen MR) is 66.3 cm³/mol. The number of carbonyl (C=O) groups excluding carboxylic acids is 1. The number of esters is 1. The van der Waals surface area contributed by atoms with Gasteiger partial charge in [-0.25, -0.2) is 14.2 Å². The number of aromatic nitrogens is 1. The van der Waals surface area contributed by atoms with Gasteiger partial charge >= 0.3 is 5.97 Å². The summed E-state index contributed by atoms with van der Waals surface area (Å²) in [5.41, 5.74) is 0.188. The molecule has 4 nitrogen and oxygen atoms in total. The molecule has 1 aromatic heterocycles. The number of rotatable bonds is 4. The average molecular weight is 279 g/mol. The second-order valence-electron chi connectivity index (χ2n) is 3.89. The summed E-state index contributed by atoms with van der Waals surface area (Å²) >= 11 is 0. The van der Waals surface area contributed by atoms with Crippen molar-refractivity contribution in [1.82, 2.24) is 4.98 Å². The zero-order valence-electron chi connectivity index (χ0n) is 10.6. The topological polar surface area (TPSA) is 48.4 Å². The highest BCUT2D eigenvalue weighted by molar-refractivity contribution is 5.89. The van der Waals surface area contributed by atoms with E-state index < -0.39 is 23.3 Å². The van der Waals surface area contributed by atoms with Crippen molar-refractivity contribution in [2.45, 2.75) is 6.61 Å². The largest absolute Gasteiger partial charge is 0.497 e. The molecule has 0 saturated heterocycles. The van der Waals surface area contributed by atoms with Crippen molar-refractivity contribution in [2.24, 2.45) is 0 Å². The lowest BCUT2D eigenvalue weighted by molar-refractivity contribution is 0.0465. The molecule has 1 heterocycles. The van der Waals surface area contributed by atoms with Gasteiger partial charge in [0.2, 0.25) is 5.95 Å². The molecular formula is C14H11F2NO3. The van der Waals surface area contributed by atoms with E-state index >= 15 is 0 Å². The van der Waals surface area contributed by atoms with E-state index in [1.54, 1.807) is 24.3 Å². The standard InChI is InChI=1S/C14H11F2NO3/c1-19-10-4-2-3-9(7-10)8-20-14(18)11-5-6-17-13(16)12(11)15/h2-7H,8H2,1H3. The first-order valence-corrected chi connectivity index (χ1v) is 5.72. The molecule has 0 fully saturated rings. The zero-order chi connectivity index (χ0) is 14.5. The zero-order valence-corrected chi connectivity index (χ0v) is 10.6. The van der Waals surface area contributed by atoms with E-state index in [4.69, 9.17) is 9.47 Å². The number of pyridine rings is 1. The van der Waals surface area contributed by atoms with Crippen LogP contribution in [0.1, 0.15) is 15.9 Å². The van der Waals surface area contributed by atoms with E-state index in [2.05, 4.69) is 4.98 Å². The second kappa shape index (κ2) is 6.10. The Hall–Kier alpha value is -2.50.